The van der Waals surface area contributed by atoms with Gasteiger partial charge in [0.05, 0.1) is 6.54 Å². The van der Waals surface area contributed by atoms with Crippen LogP contribution in [0.3, 0.4) is 0 Å². The van der Waals surface area contributed by atoms with Gasteiger partial charge in [-0.05, 0) is 22.9 Å². The van der Waals surface area contributed by atoms with E-state index >= 15 is 0 Å². The standard InChI is InChI=1S/C9H13BrN8/c1-2-18-5-15-17-6(18)3-12-8-7(10)9(16-11)14-4-13-8/h4-5H,2-3,11H2,1H3,(H2,12,13,14,16). The summed E-state index contributed by atoms with van der Waals surface area (Å²) in [7, 11) is 0. The molecule has 2 rings (SSSR count). The van der Waals surface area contributed by atoms with Crippen LogP contribution in [0, 0.1) is 0 Å². The first kappa shape index (κ1) is 12.7. The molecular weight excluding hydrogens is 300 g/mol. The molecule has 9 heteroatoms. The minimum absolute atomic E-state index is 0.518. The van der Waals surface area contributed by atoms with Gasteiger partial charge in [0, 0.05) is 6.54 Å². The number of nitrogen functional groups attached to an aromatic ring is 1. The molecule has 0 aliphatic carbocycles. The summed E-state index contributed by atoms with van der Waals surface area (Å²) in [5.74, 6) is 7.33. The number of aromatic nitrogens is 5. The highest BCUT2D eigenvalue weighted by molar-refractivity contribution is 9.10. The molecule has 2 aromatic rings. The van der Waals surface area contributed by atoms with Crippen molar-refractivity contribution < 1.29 is 0 Å². The van der Waals surface area contributed by atoms with E-state index < -0.39 is 0 Å². The van der Waals surface area contributed by atoms with Crippen molar-refractivity contribution >= 4 is 27.6 Å². The number of hydrazine groups is 1. The van der Waals surface area contributed by atoms with Crippen LogP contribution in [0.5, 0.6) is 0 Å². The van der Waals surface area contributed by atoms with Crippen LogP contribution in [0.1, 0.15) is 12.7 Å². The fourth-order valence-electron chi connectivity index (χ4n) is 1.44. The van der Waals surface area contributed by atoms with Crippen LogP contribution in [0.2, 0.25) is 0 Å². The summed E-state index contributed by atoms with van der Waals surface area (Å²) < 4.78 is 2.62. The van der Waals surface area contributed by atoms with Crippen molar-refractivity contribution in [2.75, 3.05) is 10.7 Å². The Morgan fingerprint density at radius 2 is 2.17 bits per heavy atom. The van der Waals surface area contributed by atoms with Crippen LogP contribution in [0.25, 0.3) is 0 Å². The van der Waals surface area contributed by atoms with Crippen molar-refractivity contribution in [3.05, 3.63) is 23.0 Å². The number of nitrogens with zero attached hydrogens (tertiary/aromatic N) is 5. The van der Waals surface area contributed by atoms with Crippen molar-refractivity contribution in [3.8, 4) is 0 Å². The van der Waals surface area contributed by atoms with E-state index in [1.54, 1.807) is 6.33 Å². The average Bonchev–Trinajstić information content (AvgIpc) is 2.85. The van der Waals surface area contributed by atoms with Crippen LogP contribution >= 0.6 is 15.9 Å². The third kappa shape index (κ3) is 2.57. The number of hydrogen-bond acceptors (Lipinski definition) is 7. The number of rotatable bonds is 5. The molecule has 0 spiro atoms. The molecule has 2 aromatic heterocycles. The topological polar surface area (TPSA) is 107 Å². The fraction of sp³-hybridized carbons (Fsp3) is 0.333. The Morgan fingerprint density at radius 3 is 2.89 bits per heavy atom. The van der Waals surface area contributed by atoms with Crippen molar-refractivity contribution in [3.63, 3.8) is 0 Å². The van der Waals surface area contributed by atoms with Gasteiger partial charge in [-0.3, -0.25) is 0 Å². The van der Waals surface area contributed by atoms with Crippen LogP contribution < -0.4 is 16.6 Å². The van der Waals surface area contributed by atoms with Crippen molar-refractivity contribution in [1.29, 1.82) is 0 Å². The summed E-state index contributed by atoms with van der Waals surface area (Å²) in [5, 5.41) is 11.0. The van der Waals surface area contributed by atoms with E-state index in [-0.39, 0.29) is 0 Å². The molecule has 8 nitrogen and oxygen atoms in total. The average molecular weight is 313 g/mol. The zero-order chi connectivity index (χ0) is 13.0. The highest BCUT2D eigenvalue weighted by Gasteiger charge is 2.09. The maximum absolute atomic E-state index is 5.33. The number of halogens is 1. The highest BCUT2D eigenvalue weighted by atomic mass is 79.9. The summed E-state index contributed by atoms with van der Waals surface area (Å²) in [6.45, 7) is 3.38. The Labute approximate surface area is 112 Å². The van der Waals surface area contributed by atoms with Gasteiger partial charge in [0.1, 0.15) is 22.9 Å². The first-order chi connectivity index (χ1) is 8.76. The molecule has 0 bridgehead atoms. The second-order valence-corrected chi connectivity index (χ2v) is 4.21. The lowest BCUT2D eigenvalue weighted by Gasteiger charge is -2.09. The first-order valence-corrected chi connectivity index (χ1v) is 6.13. The lowest BCUT2D eigenvalue weighted by molar-refractivity contribution is 0.707. The Hall–Kier alpha value is -1.74. The van der Waals surface area contributed by atoms with Gasteiger partial charge >= 0.3 is 0 Å². The van der Waals surface area contributed by atoms with Gasteiger partial charge in [0.2, 0.25) is 0 Å². The molecule has 0 saturated heterocycles. The number of aryl methyl sites for hydroxylation is 1. The fourth-order valence-corrected chi connectivity index (χ4v) is 1.90. The number of nitrogens with two attached hydrogens (primary N) is 1. The van der Waals surface area contributed by atoms with Gasteiger partial charge in [-0.2, -0.15) is 0 Å². The molecular formula is C9H13BrN8. The van der Waals surface area contributed by atoms with Crippen LogP contribution in [-0.4, -0.2) is 24.7 Å². The molecule has 0 radical (unpaired) electrons. The Kier molecular flexibility index (Phi) is 4.05. The van der Waals surface area contributed by atoms with Gasteiger partial charge in [0.15, 0.2) is 11.6 Å². The van der Waals surface area contributed by atoms with Crippen LogP contribution in [-0.2, 0) is 13.1 Å². The lowest BCUT2D eigenvalue weighted by atomic mass is 10.5. The first-order valence-electron chi connectivity index (χ1n) is 5.34. The quantitative estimate of drug-likeness (QED) is 0.552. The van der Waals surface area contributed by atoms with Gasteiger partial charge in [-0.25, -0.2) is 15.8 Å². The summed E-state index contributed by atoms with van der Waals surface area (Å²) in [6, 6.07) is 0. The van der Waals surface area contributed by atoms with E-state index in [9.17, 15) is 0 Å². The van der Waals surface area contributed by atoms with E-state index in [0.29, 0.717) is 22.7 Å². The van der Waals surface area contributed by atoms with Gasteiger partial charge in [-0.15, -0.1) is 10.2 Å². The van der Waals surface area contributed by atoms with Crippen LogP contribution in [0.4, 0.5) is 11.6 Å². The Bertz CT molecular complexity index is 525. The molecule has 4 N–H and O–H groups in total. The zero-order valence-corrected chi connectivity index (χ0v) is 11.3. The predicted octanol–water partition coefficient (Wildman–Crippen LogP) is 0.748. The maximum atomic E-state index is 5.33. The summed E-state index contributed by atoms with van der Waals surface area (Å²) in [5.41, 5.74) is 2.48. The zero-order valence-electron chi connectivity index (χ0n) is 9.76. The number of nitrogens with one attached hydrogen (secondary N) is 2. The summed E-state index contributed by atoms with van der Waals surface area (Å²) in [6.07, 6.45) is 3.12. The molecule has 0 unspecified atom stereocenters. The Balaban J connectivity index is 2.11. The third-order valence-electron chi connectivity index (χ3n) is 2.38. The number of hydrogen-bond donors (Lipinski definition) is 3. The molecule has 0 aliphatic rings. The Morgan fingerprint density at radius 1 is 1.39 bits per heavy atom. The monoisotopic (exact) mass is 312 g/mol. The van der Waals surface area contributed by atoms with E-state index in [4.69, 9.17) is 5.84 Å². The smallest absolute Gasteiger partial charge is 0.159 e. The molecule has 96 valence electrons. The summed E-state index contributed by atoms with van der Waals surface area (Å²) >= 11 is 3.37. The van der Waals surface area contributed by atoms with Crippen molar-refractivity contribution in [1.82, 2.24) is 24.7 Å². The molecule has 0 atom stereocenters. The molecule has 0 amide bonds. The largest absolute Gasteiger partial charge is 0.362 e. The van der Waals surface area contributed by atoms with Gasteiger partial charge in [0.25, 0.3) is 0 Å². The van der Waals surface area contributed by atoms with Crippen molar-refractivity contribution in [2.45, 2.75) is 20.0 Å². The maximum Gasteiger partial charge on any atom is 0.159 e. The number of anilines is 2. The summed E-state index contributed by atoms with van der Waals surface area (Å²) in [4.78, 5) is 8.09. The third-order valence-corrected chi connectivity index (χ3v) is 3.13. The van der Waals surface area contributed by atoms with E-state index in [0.717, 1.165) is 12.4 Å². The van der Waals surface area contributed by atoms with E-state index in [2.05, 4.69) is 46.8 Å². The van der Waals surface area contributed by atoms with Gasteiger partial charge in [-0.1, -0.05) is 0 Å². The molecule has 0 fully saturated rings. The van der Waals surface area contributed by atoms with E-state index in [1.807, 2.05) is 11.5 Å². The second kappa shape index (κ2) is 5.74. The normalized spacial score (nSPS) is 10.4. The van der Waals surface area contributed by atoms with Crippen molar-refractivity contribution in [2.24, 2.45) is 5.84 Å². The second-order valence-electron chi connectivity index (χ2n) is 3.42. The molecule has 0 saturated carbocycles. The molecule has 0 aliphatic heterocycles. The minimum Gasteiger partial charge on any atom is -0.362 e. The molecule has 2 heterocycles. The molecule has 18 heavy (non-hydrogen) atoms. The minimum atomic E-state index is 0.518. The lowest BCUT2D eigenvalue weighted by Crippen LogP contribution is -2.12. The van der Waals surface area contributed by atoms with E-state index in [1.165, 1.54) is 6.33 Å². The molecule has 0 aromatic carbocycles. The predicted molar refractivity (Wildman–Crippen MR) is 70.6 cm³/mol. The van der Waals surface area contributed by atoms with Crippen LogP contribution in [0.15, 0.2) is 17.1 Å². The highest BCUT2D eigenvalue weighted by Crippen LogP contribution is 2.25. The van der Waals surface area contributed by atoms with Gasteiger partial charge < -0.3 is 15.3 Å². The SMILES string of the molecule is CCn1cnnc1CNc1ncnc(NN)c1Br.